The van der Waals surface area contributed by atoms with Crippen molar-refractivity contribution < 1.29 is 9.53 Å². The fourth-order valence-electron chi connectivity index (χ4n) is 1.82. The number of benzene rings is 1. The molecule has 0 aromatic heterocycles. The summed E-state index contributed by atoms with van der Waals surface area (Å²) in [6.07, 6.45) is 1.69. The van der Waals surface area contributed by atoms with Crippen LogP contribution in [0.25, 0.3) is 0 Å². The van der Waals surface area contributed by atoms with E-state index < -0.39 is 5.54 Å². The largest absolute Gasteiger partial charge is 0.468 e. The summed E-state index contributed by atoms with van der Waals surface area (Å²) in [5.74, 6) is 0.612. The highest BCUT2D eigenvalue weighted by molar-refractivity contribution is 7.99. The van der Waals surface area contributed by atoms with Crippen LogP contribution in [0.1, 0.15) is 26.7 Å². The van der Waals surface area contributed by atoms with Gasteiger partial charge in [-0.2, -0.15) is 0 Å². The predicted octanol–water partition coefficient (Wildman–Crippen LogP) is 3.75. The zero-order chi connectivity index (χ0) is 15.0. The number of hydrogen-bond donors (Lipinski definition) is 1. The lowest BCUT2D eigenvalue weighted by atomic mass is 9.99. The van der Waals surface area contributed by atoms with Gasteiger partial charge in [0.2, 0.25) is 0 Å². The van der Waals surface area contributed by atoms with Gasteiger partial charge in [-0.25, -0.2) is 0 Å². The van der Waals surface area contributed by atoms with Crippen LogP contribution in [0.5, 0.6) is 0 Å². The maximum Gasteiger partial charge on any atom is 0.325 e. The van der Waals surface area contributed by atoms with Gasteiger partial charge in [0.1, 0.15) is 5.54 Å². The molecule has 1 rings (SSSR count). The fraction of sp³-hybridized carbons (Fsp3) is 0.533. The van der Waals surface area contributed by atoms with E-state index in [2.05, 4.69) is 12.2 Å². The first kappa shape index (κ1) is 17.3. The van der Waals surface area contributed by atoms with Gasteiger partial charge in [0, 0.05) is 15.7 Å². The minimum absolute atomic E-state index is 0.211. The third kappa shape index (κ3) is 5.35. The number of thioether (sulfide) groups is 1. The van der Waals surface area contributed by atoms with Crippen molar-refractivity contribution in [3.63, 3.8) is 0 Å². The third-order valence-electron chi connectivity index (χ3n) is 3.07. The van der Waals surface area contributed by atoms with Gasteiger partial charge >= 0.3 is 5.97 Å². The number of carbonyl (C=O) groups is 1. The molecule has 20 heavy (non-hydrogen) atoms. The minimum Gasteiger partial charge on any atom is -0.468 e. The van der Waals surface area contributed by atoms with Crippen molar-refractivity contribution in [2.75, 3.05) is 19.4 Å². The standard InChI is InChI=1S/C15H22ClNO2S/c1-4-9-17-15(2,14(18)19-3)8-10-20-13-7-5-6-12(16)11-13/h5-7,11,17H,4,8-10H2,1-3H3. The summed E-state index contributed by atoms with van der Waals surface area (Å²) in [6, 6.07) is 7.74. The molecule has 0 amide bonds. The van der Waals surface area contributed by atoms with Gasteiger partial charge in [0.05, 0.1) is 7.11 Å². The quantitative estimate of drug-likeness (QED) is 0.585. The van der Waals surface area contributed by atoms with E-state index in [0.717, 1.165) is 28.6 Å². The number of ether oxygens (including phenoxy) is 1. The van der Waals surface area contributed by atoms with E-state index in [4.69, 9.17) is 16.3 Å². The lowest BCUT2D eigenvalue weighted by Gasteiger charge is -2.27. The molecule has 0 heterocycles. The summed E-state index contributed by atoms with van der Waals surface area (Å²) < 4.78 is 4.90. The molecule has 1 aromatic carbocycles. The number of nitrogens with one attached hydrogen (secondary N) is 1. The molecule has 1 N–H and O–H groups in total. The Morgan fingerprint density at radius 3 is 2.85 bits per heavy atom. The van der Waals surface area contributed by atoms with Gasteiger partial charge in [-0.3, -0.25) is 4.79 Å². The number of hydrogen-bond acceptors (Lipinski definition) is 4. The van der Waals surface area contributed by atoms with Gasteiger partial charge < -0.3 is 10.1 Å². The minimum atomic E-state index is -0.629. The van der Waals surface area contributed by atoms with E-state index in [1.807, 2.05) is 31.2 Å². The molecular formula is C15H22ClNO2S. The normalized spacial score (nSPS) is 13.8. The van der Waals surface area contributed by atoms with Gasteiger partial charge in [-0.05, 0) is 44.5 Å². The molecular weight excluding hydrogens is 294 g/mol. The first-order valence-corrected chi connectivity index (χ1v) is 8.10. The maximum absolute atomic E-state index is 11.9. The average Bonchev–Trinajstić information content (AvgIpc) is 2.44. The van der Waals surface area contributed by atoms with Crippen LogP contribution in [-0.4, -0.2) is 30.9 Å². The highest BCUT2D eigenvalue weighted by Gasteiger charge is 2.32. The van der Waals surface area contributed by atoms with Gasteiger partial charge in [0.25, 0.3) is 0 Å². The van der Waals surface area contributed by atoms with Crippen molar-refractivity contribution in [2.45, 2.75) is 37.1 Å². The van der Waals surface area contributed by atoms with E-state index in [1.54, 1.807) is 11.8 Å². The number of rotatable bonds is 8. The van der Waals surface area contributed by atoms with Crippen molar-refractivity contribution in [3.05, 3.63) is 29.3 Å². The van der Waals surface area contributed by atoms with Crippen LogP contribution in [0.4, 0.5) is 0 Å². The lowest BCUT2D eigenvalue weighted by Crippen LogP contribution is -2.50. The molecule has 3 nitrogen and oxygen atoms in total. The maximum atomic E-state index is 11.9. The van der Waals surface area contributed by atoms with Crippen molar-refractivity contribution in [1.82, 2.24) is 5.32 Å². The van der Waals surface area contributed by atoms with E-state index in [-0.39, 0.29) is 5.97 Å². The predicted molar refractivity (Wildman–Crippen MR) is 85.5 cm³/mol. The van der Waals surface area contributed by atoms with Crippen LogP contribution < -0.4 is 5.32 Å². The molecule has 0 aliphatic heterocycles. The van der Waals surface area contributed by atoms with E-state index in [9.17, 15) is 4.79 Å². The third-order valence-corrected chi connectivity index (χ3v) is 4.30. The molecule has 1 unspecified atom stereocenters. The van der Waals surface area contributed by atoms with Crippen LogP contribution in [0.3, 0.4) is 0 Å². The molecule has 0 bridgehead atoms. The number of halogens is 1. The Bertz CT molecular complexity index is 442. The van der Waals surface area contributed by atoms with Crippen LogP contribution in [-0.2, 0) is 9.53 Å². The zero-order valence-electron chi connectivity index (χ0n) is 12.2. The van der Waals surface area contributed by atoms with E-state index >= 15 is 0 Å². The molecule has 0 radical (unpaired) electrons. The van der Waals surface area contributed by atoms with Crippen molar-refractivity contribution in [3.8, 4) is 0 Å². The summed E-state index contributed by atoms with van der Waals surface area (Å²) >= 11 is 7.65. The van der Waals surface area contributed by atoms with Crippen LogP contribution >= 0.6 is 23.4 Å². The van der Waals surface area contributed by atoms with E-state index in [1.165, 1.54) is 7.11 Å². The second kappa shape index (κ2) is 8.55. The SMILES string of the molecule is CCCNC(C)(CCSc1cccc(Cl)c1)C(=O)OC. The highest BCUT2D eigenvalue weighted by atomic mass is 35.5. The van der Waals surface area contributed by atoms with Gasteiger partial charge in [-0.1, -0.05) is 24.6 Å². The molecule has 5 heteroatoms. The topological polar surface area (TPSA) is 38.3 Å². The van der Waals surface area contributed by atoms with Crippen molar-refractivity contribution in [2.24, 2.45) is 0 Å². The first-order chi connectivity index (χ1) is 9.51. The highest BCUT2D eigenvalue weighted by Crippen LogP contribution is 2.25. The van der Waals surface area contributed by atoms with Crippen LogP contribution in [0, 0.1) is 0 Å². The molecule has 1 aromatic rings. The number of esters is 1. The summed E-state index contributed by atoms with van der Waals surface area (Å²) in [5.41, 5.74) is -0.629. The average molecular weight is 316 g/mol. The molecule has 0 fully saturated rings. The Balaban J connectivity index is 2.56. The van der Waals surface area contributed by atoms with Crippen LogP contribution in [0.15, 0.2) is 29.2 Å². The summed E-state index contributed by atoms with van der Waals surface area (Å²) in [6.45, 7) is 4.77. The number of methoxy groups -OCH3 is 1. The second-order valence-corrected chi connectivity index (χ2v) is 6.41. The van der Waals surface area contributed by atoms with Gasteiger partial charge in [0.15, 0.2) is 0 Å². The van der Waals surface area contributed by atoms with E-state index in [0.29, 0.717) is 6.42 Å². The summed E-state index contributed by atoms with van der Waals surface area (Å²) in [5, 5.41) is 4.01. The lowest BCUT2D eigenvalue weighted by molar-refractivity contribution is -0.148. The molecule has 0 saturated heterocycles. The summed E-state index contributed by atoms with van der Waals surface area (Å²) in [7, 11) is 1.43. The zero-order valence-corrected chi connectivity index (χ0v) is 13.8. The monoisotopic (exact) mass is 315 g/mol. The smallest absolute Gasteiger partial charge is 0.325 e. The Hall–Kier alpha value is -0.710. The first-order valence-electron chi connectivity index (χ1n) is 6.73. The molecule has 0 aliphatic carbocycles. The Morgan fingerprint density at radius 1 is 1.50 bits per heavy atom. The Labute approximate surface area is 130 Å². The van der Waals surface area contributed by atoms with Crippen molar-refractivity contribution in [1.29, 1.82) is 0 Å². The molecule has 1 atom stereocenters. The van der Waals surface area contributed by atoms with Crippen LogP contribution in [0.2, 0.25) is 5.02 Å². The second-order valence-electron chi connectivity index (χ2n) is 4.81. The van der Waals surface area contributed by atoms with Gasteiger partial charge in [-0.15, -0.1) is 11.8 Å². The number of carbonyl (C=O) groups excluding carboxylic acids is 1. The molecule has 0 spiro atoms. The van der Waals surface area contributed by atoms with Crippen molar-refractivity contribution >= 4 is 29.3 Å². The molecule has 0 aliphatic rings. The molecule has 0 saturated carbocycles. The molecule has 112 valence electrons. The fourth-order valence-corrected chi connectivity index (χ4v) is 3.20. The Kier molecular flexibility index (Phi) is 7.41. The summed E-state index contributed by atoms with van der Waals surface area (Å²) in [4.78, 5) is 13.0. The Morgan fingerprint density at radius 2 is 2.25 bits per heavy atom.